The van der Waals surface area contributed by atoms with Crippen molar-refractivity contribution < 1.29 is 8.78 Å². The van der Waals surface area contributed by atoms with E-state index in [1.165, 1.54) is 16.8 Å². The standard InChI is InChI=1S/C20H33F2N5/c1-5-23-20(25-17-8-10-27(11-9-17)14-19(21)22)24-13-16-6-7-18(26(3)4)12-15(16)2/h6-7,12,17,19H,5,8-11,13-14H2,1-4H3,(H2,23,24,25). The van der Waals surface area contributed by atoms with E-state index in [0.29, 0.717) is 19.6 Å². The summed E-state index contributed by atoms with van der Waals surface area (Å²) in [6.07, 6.45) is -0.544. The Morgan fingerprint density at radius 1 is 1.30 bits per heavy atom. The van der Waals surface area contributed by atoms with E-state index >= 15 is 0 Å². The van der Waals surface area contributed by atoms with Crippen molar-refractivity contribution in [1.29, 1.82) is 0 Å². The number of rotatable bonds is 7. The van der Waals surface area contributed by atoms with Crippen LogP contribution >= 0.6 is 0 Å². The summed E-state index contributed by atoms with van der Waals surface area (Å²) >= 11 is 0. The van der Waals surface area contributed by atoms with Crippen molar-refractivity contribution in [2.24, 2.45) is 4.99 Å². The number of halogens is 2. The van der Waals surface area contributed by atoms with E-state index in [0.717, 1.165) is 25.3 Å². The first-order valence-electron chi connectivity index (χ1n) is 9.71. The second-order valence-corrected chi connectivity index (χ2v) is 7.31. The maximum atomic E-state index is 12.5. The number of piperidine rings is 1. The van der Waals surface area contributed by atoms with Crippen molar-refractivity contribution in [1.82, 2.24) is 15.5 Å². The lowest BCUT2D eigenvalue weighted by Gasteiger charge is -2.32. The molecule has 0 aromatic heterocycles. The lowest BCUT2D eigenvalue weighted by molar-refractivity contribution is 0.0744. The second kappa shape index (κ2) is 10.4. The van der Waals surface area contributed by atoms with Crippen molar-refractivity contribution in [3.63, 3.8) is 0 Å². The Balaban J connectivity index is 1.93. The van der Waals surface area contributed by atoms with Gasteiger partial charge in [-0.2, -0.15) is 0 Å². The van der Waals surface area contributed by atoms with Crippen LogP contribution in [0.1, 0.15) is 30.9 Å². The number of nitrogens with zero attached hydrogens (tertiary/aromatic N) is 3. The Bertz CT molecular complexity index is 610. The third-order valence-electron chi connectivity index (χ3n) is 4.92. The van der Waals surface area contributed by atoms with Gasteiger partial charge in [-0.3, -0.25) is 4.90 Å². The number of guanidine groups is 1. The highest BCUT2D eigenvalue weighted by Gasteiger charge is 2.21. The number of aliphatic imine (C=N–C) groups is 1. The van der Waals surface area contributed by atoms with Crippen molar-refractivity contribution in [3.8, 4) is 0 Å². The van der Waals surface area contributed by atoms with Crippen LogP contribution in [0.15, 0.2) is 23.2 Å². The number of hydrogen-bond acceptors (Lipinski definition) is 3. The first-order chi connectivity index (χ1) is 12.9. The fourth-order valence-corrected chi connectivity index (χ4v) is 3.27. The Kier molecular flexibility index (Phi) is 8.28. The van der Waals surface area contributed by atoms with Crippen LogP contribution in [-0.2, 0) is 6.54 Å². The van der Waals surface area contributed by atoms with Gasteiger partial charge in [0.05, 0.1) is 13.1 Å². The van der Waals surface area contributed by atoms with Crippen molar-refractivity contribution >= 4 is 11.6 Å². The van der Waals surface area contributed by atoms with Gasteiger partial charge >= 0.3 is 0 Å². The predicted molar refractivity (Wildman–Crippen MR) is 109 cm³/mol. The van der Waals surface area contributed by atoms with Crippen LogP contribution in [0.3, 0.4) is 0 Å². The number of alkyl halides is 2. The van der Waals surface area contributed by atoms with E-state index in [-0.39, 0.29) is 12.6 Å². The van der Waals surface area contributed by atoms with E-state index in [2.05, 4.69) is 40.7 Å². The molecule has 1 fully saturated rings. The molecule has 0 radical (unpaired) electrons. The molecule has 1 aliphatic heterocycles. The van der Waals surface area contributed by atoms with Gasteiger partial charge in [0.15, 0.2) is 5.96 Å². The van der Waals surface area contributed by atoms with E-state index in [9.17, 15) is 8.78 Å². The number of hydrogen-bond donors (Lipinski definition) is 2. The lowest BCUT2D eigenvalue weighted by atomic mass is 10.1. The lowest BCUT2D eigenvalue weighted by Crippen LogP contribution is -2.49. The summed E-state index contributed by atoms with van der Waals surface area (Å²) < 4.78 is 25.0. The fraction of sp³-hybridized carbons (Fsp3) is 0.650. The normalized spacial score (nSPS) is 16.6. The number of anilines is 1. The Morgan fingerprint density at radius 2 is 2.00 bits per heavy atom. The molecule has 0 unspecified atom stereocenters. The quantitative estimate of drug-likeness (QED) is 0.563. The maximum absolute atomic E-state index is 12.5. The van der Waals surface area contributed by atoms with Crippen molar-refractivity contribution in [2.45, 2.75) is 45.7 Å². The third-order valence-corrected chi connectivity index (χ3v) is 4.92. The maximum Gasteiger partial charge on any atom is 0.251 e. The van der Waals surface area contributed by atoms with Gasteiger partial charge in [-0.1, -0.05) is 6.07 Å². The van der Waals surface area contributed by atoms with Crippen LogP contribution in [0.5, 0.6) is 0 Å². The van der Waals surface area contributed by atoms with Crippen LogP contribution in [0, 0.1) is 6.92 Å². The number of likely N-dealkylation sites (tertiary alicyclic amines) is 1. The zero-order valence-corrected chi connectivity index (χ0v) is 16.9. The zero-order valence-electron chi connectivity index (χ0n) is 16.9. The molecule has 1 aromatic carbocycles. The Hall–Kier alpha value is -1.89. The summed E-state index contributed by atoms with van der Waals surface area (Å²) in [5, 5.41) is 6.76. The highest BCUT2D eigenvalue weighted by Crippen LogP contribution is 2.18. The summed E-state index contributed by atoms with van der Waals surface area (Å²) in [5.41, 5.74) is 3.60. The average molecular weight is 382 g/mol. The highest BCUT2D eigenvalue weighted by molar-refractivity contribution is 5.80. The molecule has 7 heteroatoms. The molecular formula is C20H33F2N5. The molecule has 0 amide bonds. The van der Waals surface area contributed by atoms with Crippen LogP contribution in [0.4, 0.5) is 14.5 Å². The molecule has 1 saturated heterocycles. The molecule has 2 N–H and O–H groups in total. The average Bonchev–Trinajstić information content (AvgIpc) is 2.61. The summed E-state index contributed by atoms with van der Waals surface area (Å²) in [6.45, 7) is 6.83. The Labute approximate surface area is 161 Å². The van der Waals surface area contributed by atoms with Crippen molar-refractivity contribution in [2.75, 3.05) is 45.2 Å². The van der Waals surface area contributed by atoms with Gasteiger partial charge in [0.25, 0.3) is 6.43 Å². The molecule has 0 atom stereocenters. The Morgan fingerprint density at radius 3 is 2.56 bits per heavy atom. The fourth-order valence-electron chi connectivity index (χ4n) is 3.27. The minimum absolute atomic E-state index is 0.122. The number of nitrogens with one attached hydrogen (secondary N) is 2. The summed E-state index contributed by atoms with van der Waals surface area (Å²) in [5.74, 6) is 0.792. The van der Waals surface area contributed by atoms with E-state index in [4.69, 9.17) is 4.99 Å². The molecule has 5 nitrogen and oxygen atoms in total. The minimum Gasteiger partial charge on any atom is -0.378 e. The van der Waals surface area contributed by atoms with Crippen LogP contribution < -0.4 is 15.5 Å². The molecule has 27 heavy (non-hydrogen) atoms. The monoisotopic (exact) mass is 381 g/mol. The van der Waals surface area contributed by atoms with Gasteiger partial charge in [0, 0.05) is 45.5 Å². The molecule has 0 bridgehead atoms. The zero-order chi connectivity index (χ0) is 19.8. The summed E-state index contributed by atoms with van der Waals surface area (Å²) in [6, 6.07) is 6.68. The molecule has 1 aromatic rings. The van der Waals surface area contributed by atoms with Gasteiger partial charge in [-0.25, -0.2) is 13.8 Å². The molecule has 1 aliphatic rings. The molecule has 0 spiro atoms. The van der Waals surface area contributed by atoms with Gasteiger partial charge < -0.3 is 15.5 Å². The number of aryl methyl sites for hydroxylation is 1. The van der Waals surface area contributed by atoms with Gasteiger partial charge in [-0.15, -0.1) is 0 Å². The largest absolute Gasteiger partial charge is 0.378 e. The van der Waals surface area contributed by atoms with Crippen LogP contribution in [0.25, 0.3) is 0 Å². The molecule has 1 heterocycles. The summed E-state index contributed by atoms with van der Waals surface area (Å²) in [7, 11) is 4.07. The second-order valence-electron chi connectivity index (χ2n) is 7.31. The third kappa shape index (κ3) is 6.97. The van der Waals surface area contributed by atoms with E-state index < -0.39 is 6.43 Å². The minimum atomic E-state index is -2.25. The first kappa shape index (κ1) is 21.4. The van der Waals surface area contributed by atoms with Crippen molar-refractivity contribution in [3.05, 3.63) is 29.3 Å². The molecule has 2 rings (SSSR count). The predicted octanol–water partition coefficient (Wildman–Crippen LogP) is 2.85. The highest BCUT2D eigenvalue weighted by atomic mass is 19.3. The SMILES string of the molecule is CCNC(=NCc1ccc(N(C)C)cc1C)NC1CCN(CC(F)F)CC1. The molecule has 152 valence electrons. The molecule has 0 saturated carbocycles. The first-order valence-corrected chi connectivity index (χ1v) is 9.71. The topological polar surface area (TPSA) is 42.9 Å². The van der Waals surface area contributed by atoms with Gasteiger partial charge in [0.1, 0.15) is 0 Å². The van der Waals surface area contributed by atoms with Gasteiger partial charge in [0.2, 0.25) is 0 Å². The smallest absolute Gasteiger partial charge is 0.251 e. The number of benzene rings is 1. The molecular weight excluding hydrogens is 348 g/mol. The van der Waals surface area contributed by atoms with Crippen LogP contribution in [0.2, 0.25) is 0 Å². The van der Waals surface area contributed by atoms with E-state index in [1.54, 1.807) is 0 Å². The van der Waals surface area contributed by atoms with E-state index in [1.807, 2.05) is 25.9 Å². The molecule has 0 aliphatic carbocycles. The summed E-state index contributed by atoms with van der Waals surface area (Å²) in [4.78, 5) is 8.65. The van der Waals surface area contributed by atoms with Gasteiger partial charge in [-0.05, 0) is 49.9 Å². The van der Waals surface area contributed by atoms with Crippen LogP contribution in [-0.4, -0.2) is 63.6 Å².